The lowest BCUT2D eigenvalue weighted by molar-refractivity contribution is -0.124. The van der Waals surface area contributed by atoms with Crippen LogP contribution in [-0.4, -0.2) is 95.1 Å². The molecular formula is C30H35ClFN9O4. The fraction of sp³-hybridized carbons (Fsp3) is 0.400. The maximum atomic E-state index is 13.7. The molecule has 2 saturated heterocycles. The maximum absolute atomic E-state index is 13.7. The number of carbonyl (C=O) groups excluding carboxylic acids is 3. The fourth-order valence-electron chi connectivity index (χ4n) is 5.41. The first-order valence-electron chi connectivity index (χ1n) is 14.7. The van der Waals surface area contributed by atoms with Crippen LogP contribution in [0.3, 0.4) is 0 Å². The van der Waals surface area contributed by atoms with Gasteiger partial charge in [0.2, 0.25) is 29.7 Å². The predicted octanol–water partition coefficient (Wildman–Crippen LogP) is 1.82. The summed E-state index contributed by atoms with van der Waals surface area (Å²) in [6.45, 7) is 1.01. The van der Waals surface area contributed by atoms with Crippen molar-refractivity contribution in [3.63, 3.8) is 0 Å². The van der Waals surface area contributed by atoms with Crippen molar-refractivity contribution in [3.05, 3.63) is 70.5 Å². The number of amides is 3. The first-order chi connectivity index (χ1) is 21.8. The zero-order valence-electron chi connectivity index (χ0n) is 24.7. The van der Waals surface area contributed by atoms with Crippen molar-refractivity contribution in [2.75, 3.05) is 61.9 Å². The first kappa shape index (κ1) is 31.9. The average molecular weight is 640 g/mol. The highest BCUT2D eigenvalue weighted by molar-refractivity contribution is 6.31. The summed E-state index contributed by atoms with van der Waals surface area (Å²) < 4.78 is 13.5. The van der Waals surface area contributed by atoms with E-state index < -0.39 is 23.8 Å². The van der Waals surface area contributed by atoms with E-state index in [9.17, 15) is 23.9 Å². The van der Waals surface area contributed by atoms with E-state index in [-0.39, 0.29) is 68.4 Å². The Labute approximate surface area is 264 Å². The summed E-state index contributed by atoms with van der Waals surface area (Å²) >= 11 is 6.45. The Balaban J connectivity index is 1.43. The summed E-state index contributed by atoms with van der Waals surface area (Å²) in [7, 11) is 1.65. The minimum atomic E-state index is -0.913. The molecule has 0 aliphatic carbocycles. The number of aromatic nitrogens is 3. The second-order valence-corrected chi connectivity index (χ2v) is 11.2. The van der Waals surface area contributed by atoms with Gasteiger partial charge in [-0.15, -0.1) is 0 Å². The molecule has 3 amide bonds. The van der Waals surface area contributed by atoms with E-state index in [0.29, 0.717) is 30.0 Å². The van der Waals surface area contributed by atoms with E-state index in [1.807, 2.05) is 18.2 Å². The normalized spacial score (nSPS) is 18.7. The minimum Gasteiger partial charge on any atom is -0.396 e. The van der Waals surface area contributed by atoms with E-state index in [0.717, 1.165) is 5.56 Å². The largest absolute Gasteiger partial charge is 0.396 e. The lowest BCUT2D eigenvalue weighted by atomic mass is 10.0. The van der Waals surface area contributed by atoms with E-state index in [1.54, 1.807) is 18.0 Å². The van der Waals surface area contributed by atoms with Gasteiger partial charge in [0.25, 0.3) is 5.91 Å². The molecule has 0 spiro atoms. The van der Waals surface area contributed by atoms with Crippen LogP contribution in [0.5, 0.6) is 0 Å². The Morgan fingerprint density at radius 3 is 2.56 bits per heavy atom. The Morgan fingerprint density at radius 1 is 1.11 bits per heavy atom. The van der Waals surface area contributed by atoms with Gasteiger partial charge in [-0.25, -0.2) is 4.39 Å². The topological polar surface area (TPSA) is 165 Å². The standard InChI is InChI=1S/C30H35ClFN9O4/c1-33-28-37-29(36-23(11-15-42)21-4-2-3-5-22(21)31)39-30(38-28)41-14-13-40(27(45)18-6-8-20(32)9-7-18)17-24(41)26(44)35-16-19-10-12-34-25(19)43/h2-9,19,23-24,42H,10-17H2,1H3,(H,34,43)(H,35,44)(H2,33,36,37,38,39). The van der Waals surface area contributed by atoms with E-state index in [4.69, 9.17) is 11.6 Å². The van der Waals surface area contributed by atoms with Crippen molar-refractivity contribution in [3.8, 4) is 0 Å². The highest BCUT2D eigenvalue weighted by Crippen LogP contribution is 2.29. The number of carbonyl (C=O) groups is 3. The highest BCUT2D eigenvalue weighted by Gasteiger charge is 2.37. The molecule has 2 aliphatic heterocycles. The van der Waals surface area contributed by atoms with Gasteiger partial charge in [0, 0.05) is 50.4 Å². The quantitative estimate of drug-likeness (QED) is 0.209. The van der Waals surface area contributed by atoms with Crippen molar-refractivity contribution >= 4 is 47.2 Å². The van der Waals surface area contributed by atoms with Gasteiger partial charge in [0.15, 0.2) is 0 Å². The molecule has 15 heteroatoms. The molecule has 45 heavy (non-hydrogen) atoms. The van der Waals surface area contributed by atoms with Gasteiger partial charge < -0.3 is 36.2 Å². The molecule has 3 aromatic rings. The molecule has 3 unspecified atom stereocenters. The number of nitrogens with one attached hydrogen (secondary N) is 4. The lowest BCUT2D eigenvalue weighted by Gasteiger charge is -2.40. The Morgan fingerprint density at radius 2 is 1.87 bits per heavy atom. The molecule has 0 radical (unpaired) electrons. The smallest absolute Gasteiger partial charge is 0.254 e. The first-order valence-corrected chi connectivity index (χ1v) is 15.1. The number of aliphatic hydroxyl groups is 1. The third-order valence-corrected chi connectivity index (χ3v) is 8.20. The molecular weight excluding hydrogens is 605 g/mol. The zero-order valence-corrected chi connectivity index (χ0v) is 25.4. The third kappa shape index (κ3) is 7.57. The monoisotopic (exact) mass is 639 g/mol. The van der Waals surface area contributed by atoms with Crippen LogP contribution < -0.4 is 26.2 Å². The van der Waals surface area contributed by atoms with Crippen molar-refractivity contribution in [1.29, 1.82) is 0 Å². The summed E-state index contributed by atoms with van der Waals surface area (Å²) in [5.41, 5.74) is 1.05. The van der Waals surface area contributed by atoms with Gasteiger partial charge >= 0.3 is 0 Å². The molecule has 1 aromatic heterocycles. The Hall–Kier alpha value is -4.56. The molecule has 2 fully saturated rings. The summed E-state index contributed by atoms with van der Waals surface area (Å²) in [6, 6.07) is 11.2. The fourth-order valence-corrected chi connectivity index (χ4v) is 5.67. The van der Waals surface area contributed by atoms with Crippen molar-refractivity contribution in [1.82, 2.24) is 30.5 Å². The van der Waals surface area contributed by atoms with Gasteiger partial charge in [0.05, 0.1) is 18.5 Å². The van der Waals surface area contributed by atoms with Gasteiger partial charge in [-0.05, 0) is 48.7 Å². The van der Waals surface area contributed by atoms with Crippen LogP contribution >= 0.6 is 11.6 Å². The second kappa shape index (κ2) is 14.5. The zero-order chi connectivity index (χ0) is 31.9. The van der Waals surface area contributed by atoms with Gasteiger partial charge in [0.1, 0.15) is 11.9 Å². The number of halogens is 2. The van der Waals surface area contributed by atoms with Crippen LogP contribution in [0.25, 0.3) is 0 Å². The average Bonchev–Trinajstić information content (AvgIpc) is 3.47. The second-order valence-electron chi connectivity index (χ2n) is 10.8. The molecule has 0 bridgehead atoms. The Kier molecular flexibility index (Phi) is 10.2. The lowest BCUT2D eigenvalue weighted by Crippen LogP contribution is -2.61. The van der Waals surface area contributed by atoms with E-state index >= 15 is 0 Å². The predicted molar refractivity (Wildman–Crippen MR) is 166 cm³/mol. The van der Waals surface area contributed by atoms with Gasteiger partial charge in [-0.2, -0.15) is 15.0 Å². The van der Waals surface area contributed by atoms with E-state index in [2.05, 4.69) is 36.2 Å². The number of rotatable bonds is 11. The molecule has 5 rings (SSSR count). The molecule has 238 valence electrons. The van der Waals surface area contributed by atoms with Crippen LogP contribution in [-0.2, 0) is 9.59 Å². The molecule has 2 aromatic carbocycles. The number of nitrogens with zero attached hydrogens (tertiary/aromatic N) is 5. The Bertz CT molecular complexity index is 1530. The number of aliphatic hydroxyl groups excluding tert-OH is 1. The molecule has 5 N–H and O–H groups in total. The molecule has 2 aliphatic rings. The van der Waals surface area contributed by atoms with Crippen molar-refractivity contribution in [2.24, 2.45) is 5.92 Å². The van der Waals surface area contributed by atoms with Gasteiger partial charge in [-0.3, -0.25) is 14.4 Å². The van der Waals surface area contributed by atoms with Crippen LogP contribution in [0.1, 0.15) is 34.8 Å². The van der Waals surface area contributed by atoms with Crippen LogP contribution in [0.4, 0.5) is 22.2 Å². The van der Waals surface area contributed by atoms with Gasteiger partial charge in [-0.1, -0.05) is 29.8 Å². The van der Waals surface area contributed by atoms with E-state index in [1.165, 1.54) is 29.2 Å². The number of anilines is 3. The molecule has 13 nitrogen and oxygen atoms in total. The highest BCUT2D eigenvalue weighted by atomic mass is 35.5. The minimum absolute atomic E-state index is 0.00496. The van der Waals surface area contributed by atoms with Crippen LogP contribution in [0.2, 0.25) is 5.02 Å². The number of benzene rings is 2. The molecule has 0 saturated carbocycles. The third-order valence-electron chi connectivity index (χ3n) is 7.85. The van der Waals surface area contributed by atoms with Crippen LogP contribution in [0.15, 0.2) is 48.5 Å². The number of hydrogen-bond donors (Lipinski definition) is 5. The maximum Gasteiger partial charge on any atom is 0.254 e. The summed E-state index contributed by atoms with van der Waals surface area (Å²) in [5, 5.41) is 22.1. The summed E-state index contributed by atoms with van der Waals surface area (Å²) in [6.07, 6.45) is 0.931. The van der Waals surface area contributed by atoms with Crippen LogP contribution in [0, 0.1) is 11.7 Å². The van der Waals surface area contributed by atoms with Crippen molar-refractivity contribution in [2.45, 2.75) is 24.9 Å². The molecule has 3 heterocycles. The SMILES string of the molecule is CNc1nc(NC(CCO)c2ccccc2Cl)nc(N2CCN(C(=O)c3ccc(F)cc3)CC2C(=O)NCC2CCNC2=O)n1. The number of piperazine rings is 1. The number of hydrogen-bond acceptors (Lipinski definition) is 10. The molecule has 3 atom stereocenters. The summed E-state index contributed by atoms with van der Waals surface area (Å²) in [5.74, 6) is -1.06. The van der Waals surface area contributed by atoms with Crippen molar-refractivity contribution < 1.29 is 23.9 Å². The summed E-state index contributed by atoms with van der Waals surface area (Å²) in [4.78, 5) is 56.0.